The fraction of sp³-hybridized carbons (Fsp3) is 0.455. The van der Waals surface area contributed by atoms with E-state index >= 15 is 0 Å². The molecule has 0 spiro atoms. The SMILES string of the molecule is COC(Cc1cccc(Br)c1)(OC)OC. The van der Waals surface area contributed by atoms with Crippen LogP contribution in [0.4, 0.5) is 0 Å². The summed E-state index contributed by atoms with van der Waals surface area (Å²) < 4.78 is 16.7. The summed E-state index contributed by atoms with van der Waals surface area (Å²) in [5.41, 5.74) is 1.08. The Hall–Kier alpha value is -0.420. The quantitative estimate of drug-likeness (QED) is 0.773. The van der Waals surface area contributed by atoms with Gasteiger partial charge in [-0.05, 0) is 17.7 Å². The number of hydrogen-bond acceptors (Lipinski definition) is 3. The minimum Gasteiger partial charge on any atom is -0.331 e. The molecular formula is C11H15BrO3. The lowest BCUT2D eigenvalue weighted by Gasteiger charge is -2.28. The first-order valence-corrected chi connectivity index (χ1v) is 5.35. The second kappa shape index (κ2) is 5.61. The molecular weight excluding hydrogens is 260 g/mol. The Bertz CT molecular complexity index is 302. The summed E-state index contributed by atoms with van der Waals surface area (Å²) in [5, 5.41) is 0. The highest BCUT2D eigenvalue weighted by Gasteiger charge is 2.29. The zero-order valence-electron chi connectivity index (χ0n) is 9.12. The molecule has 0 aliphatic heterocycles. The lowest BCUT2D eigenvalue weighted by Crippen LogP contribution is -2.38. The van der Waals surface area contributed by atoms with Gasteiger partial charge in [0.05, 0.1) is 6.42 Å². The average molecular weight is 275 g/mol. The predicted octanol–water partition coefficient (Wildman–Crippen LogP) is 2.58. The van der Waals surface area contributed by atoms with Crippen LogP contribution in [0.15, 0.2) is 28.7 Å². The Labute approximate surface area is 98.5 Å². The summed E-state index contributed by atoms with van der Waals surface area (Å²) in [6.45, 7) is 0. The standard InChI is InChI=1S/C11H15BrO3/c1-13-11(14-2,15-3)8-9-5-4-6-10(12)7-9/h4-7H,8H2,1-3H3. The molecule has 0 unspecified atom stereocenters. The molecule has 0 N–H and O–H groups in total. The zero-order chi connectivity index (χ0) is 11.3. The van der Waals surface area contributed by atoms with Crippen molar-refractivity contribution in [2.45, 2.75) is 12.4 Å². The van der Waals surface area contributed by atoms with E-state index in [2.05, 4.69) is 15.9 Å². The highest BCUT2D eigenvalue weighted by molar-refractivity contribution is 9.10. The van der Waals surface area contributed by atoms with Gasteiger partial charge in [0, 0.05) is 25.8 Å². The maximum absolute atomic E-state index is 5.22. The van der Waals surface area contributed by atoms with E-state index in [4.69, 9.17) is 14.2 Å². The van der Waals surface area contributed by atoms with Crippen molar-refractivity contribution in [3.8, 4) is 0 Å². The molecule has 0 saturated heterocycles. The fourth-order valence-corrected chi connectivity index (χ4v) is 1.81. The minimum absolute atomic E-state index is 0.538. The maximum Gasteiger partial charge on any atom is 0.286 e. The van der Waals surface area contributed by atoms with E-state index in [0.717, 1.165) is 10.0 Å². The molecule has 84 valence electrons. The van der Waals surface area contributed by atoms with Crippen LogP contribution in [0.2, 0.25) is 0 Å². The van der Waals surface area contributed by atoms with Gasteiger partial charge in [-0.2, -0.15) is 0 Å². The van der Waals surface area contributed by atoms with Gasteiger partial charge in [-0.1, -0.05) is 28.1 Å². The molecule has 0 atom stereocenters. The van der Waals surface area contributed by atoms with Gasteiger partial charge >= 0.3 is 0 Å². The zero-order valence-corrected chi connectivity index (χ0v) is 10.7. The van der Waals surface area contributed by atoms with Crippen LogP contribution in [0.1, 0.15) is 5.56 Å². The van der Waals surface area contributed by atoms with Crippen molar-refractivity contribution < 1.29 is 14.2 Å². The largest absolute Gasteiger partial charge is 0.331 e. The third-order valence-corrected chi connectivity index (χ3v) is 2.74. The highest BCUT2D eigenvalue weighted by Crippen LogP contribution is 2.21. The van der Waals surface area contributed by atoms with E-state index in [-0.39, 0.29) is 0 Å². The first kappa shape index (κ1) is 12.6. The molecule has 1 rings (SSSR count). The Balaban J connectivity index is 2.82. The molecule has 0 saturated carbocycles. The molecule has 0 aromatic heterocycles. The van der Waals surface area contributed by atoms with Gasteiger partial charge in [0.1, 0.15) is 0 Å². The molecule has 0 aliphatic carbocycles. The van der Waals surface area contributed by atoms with Crippen molar-refractivity contribution in [2.75, 3.05) is 21.3 Å². The van der Waals surface area contributed by atoms with Gasteiger partial charge in [-0.25, -0.2) is 0 Å². The molecule has 0 aliphatic rings. The average Bonchev–Trinajstić information content (AvgIpc) is 2.26. The maximum atomic E-state index is 5.22. The molecule has 0 fully saturated rings. The highest BCUT2D eigenvalue weighted by atomic mass is 79.9. The van der Waals surface area contributed by atoms with Crippen LogP contribution < -0.4 is 0 Å². The van der Waals surface area contributed by atoms with Gasteiger partial charge in [-0.3, -0.25) is 0 Å². The van der Waals surface area contributed by atoms with Gasteiger partial charge in [0.15, 0.2) is 0 Å². The molecule has 1 aromatic rings. The van der Waals surface area contributed by atoms with Crippen LogP contribution in [0.5, 0.6) is 0 Å². The number of ether oxygens (including phenoxy) is 3. The fourth-order valence-electron chi connectivity index (χ4n) is 1.36. The van der Waals surface area contributed by atoms with Crippen molar-refractivity contribution >= 4 is 15.9 Å². The van der Waals surface area contributed by atoms with Crippen LogP contribution in [0, 0.1) is 0 Å². The molecule has 4 heteroatoms. The third-order valence-electron chi connectivity index (χ3n) is 2.24. The summed E-state index contributed by atoms with van der Waals surface area (Å²) >= 11 is 3.41. The number of rotatable bonds is 5. The van der Waals surface area contributed by atoms with Gasteiger partial charge in [0.2, 0.25) is 0 Å². The van der Waals surface area contributed by atoms with Crippen molar-refractivity contribution in [2.24, 2.45) is 0 Å². The van der Waals surface area contributed by atoms with E-state index in [1.807, 2.05) is 24.3 Å². The lowest BCUT2D eigenvalue weighted by molar-refractivity contribution is -0.350. The lowest BCUT2D eigenvalue weighted by atomic mass is 10.1. The van der Waals surface area contributed by atoms with E-state index < -0.39 is 5.97 Å². The van der Waals surface area contributed by atoms with Crippen molar-refractivity contribution in [1.82, 2.24) is 0 Å². The number of halogens is 1. The number of benzene rings is 1. The van der Waals surface area contributed by atoms with Crippen LogP contribution >= 0.6 is 15.9 Å². The van der Waals surface area contributed by atoms with Crippen molar-refractivity contribution in [3.63, 3.8) is 0 Å². The topological polar surface area (TPSA) is 27.7 Å². The molecule has 0 amide bonds. The Morgan fingerprint density at radius 1 is 1.13 bits per heavy atom. The second-order valence-electron chi connectivity index (χ2n) is 3.10. The number of hydrogen-bond donors (Lipinski definition) is 0. The van der Waals surface area contributed by atoms with E-state index in [9.17, 15) is 0 Å². The Kier molecular flexibility index (Phi) is 4.73. The molecule has 0 radical (unpaired) electrons. The Morgan fingerprint density at radius 3 is 2.20 bits per heavy atom. The first-order valence-electron chi connectivity index (χ1n) is 4.55. The van der Waals surface area contributed by atoms with Gasteiger partial charge in [0.25, 0.3) is 5.97 Å². The molecule has 15 heavy (non-hydrogen) atoms. The normalized spacial score (nSPS) is 11.7. The van der Waals surface area contributed by atoms with Crippen molar-refractivity contribution in [1.29, 1.82) is 0 Å². The van der Waals surface area contributed by atoms with Crippen LogP contribution in [0.25, 0.3) is 0 Å². The molecule has 3 nitrogen and oxygen atoms in total. The monoisotopic (exact) mass is 274 g/mol. The summed E-state index contributed by atoms with van der Waals surface area (Å²) in [5.74, 6) is -0.999. The number of methoxy groups -OCH3 is 3. The minimum atomic E-state index is -0.999. The van der Waals surface area contributed by atoms with E-state index in [1.165, 1.54) is 0 Å². The molecule has 0 bridgehead atoms. The predicted molar refractivity (Wildman–Crippen MR) is 61.6 cm³/mol. The first-order chi connectivity index (χ1) is 7.15. The second-order valence-corrected chi connectivity index (χ2v) is 4.02. The van der Waals surface area contributed by atoms with Crippen LogP contribution in [-0.2, 0) is 20.6 Å². The third kappa shape index (κ3) is 3.28. The summed E-state index contributed by atoms with van der Waals surface area (Å²) in [4.78, 5) is 0. The molecule has 0 heterocycles. The van der Waals surface area contributed by atoms with Crippen molar-refractivity contribution in [3.05, 3.63) is 34.3 Å². The summed E-state index contributed by atoms with van der Waals surface area (Å²) in [6.07, 6.45) is 0.538. The van der Waals surface area contributed by atoms with Gasteiger partial charge < -0.3 is 14.2 Å². The van der Waals surface area contributed by atoms with Gasteiger partial charge in [-0.15, -0.1) is 0 Å². The van der Waals surface area contributed by atoms with Crippen LogP contribution in [-0.4, -0.2) is 27.3 Å². The van der Waals surface area contributed by atoms with E-state index in [1.54, 1.807) is 21.3 Å². The summed E-state index contributed by atoms with van der Waals surface area (Å²) in [7, 11) is 4.68. The Morgan fingerprint density at radius 2 is 1.73 bits per heavy atom. The van der Waals surface area contributed by atoms with Crippen LogP contribution in [0.3, 0.4) is 0 Å². The summed E-state index contributed by atoms with van der Waals surface area (Å²) in [6, 6.07) is 7.94. The molecule has 1 aromatic carbocycles. The smallest absolute Gasteiger partial charge is 0.286 e. The van der Waals surface area contributed by atoms with E-state index in [0.29, 0.717) is 6.42 Å².